The highest BCUT2D eigenvalue weighted by atomic mass is 16.5. The summed E-state index contributed by atoms with van der Waals surface area (Å²) in [4.78, 5) is 60.8. The van der Waals surface area contributed by atoms with Gasteiger partial charge in [-0.1, -0.05) is 12.1 Å². The molecule has 2 heterocycles. The highest BCUT2D eigenvalue weighted by Crippen LogP contribution is 2.30. The summed E-state index contributed by atoms with van der Waals surface area (Å²) in [7, 11) is 0. The van der Waals surface area contributed by atoms with Crippen molar-refractivity contribution in [1.29, 1.82) is 0 Å². The molecule has 5 amide bonds. The molecule has 0 bridgehead atoms. The van der Waals surface area contributed by atoms with E-state index in [0.717, 1.165) is 24.0 Å². The highest BCUT2D eigenvalue weighted by Gasteiger charge is 2.39. The van der Waals surface area contributed by atoms with Crippen LogP contribution in [0, 0.1) is 0 Å². The molecule has 1 atom stereocenters. The Hall–Kier alpha value is -4.13. The van der Waals surface area contributed by atoms with E-state index in [4.69, 9.17) is 14.2 Å². The van der Waals surface area contributed by atoms with E-state index in [0.29, 0.717) is 82.4 Å². The van der Waals surface area contributed by atoms with E-state index < -0.39 is 11.9 Å². The first-order chi connectivity index (χ1) is 20.5. The normalized spacial score (nSPS) is 16.2. The van der Waals surface area contributed by atoms with Crippen LogP contribution in [0.3, 0.4) is 0 Å². The van der Waals surface area contributed by atoms with Gasteiger partial charge in [-0.25, -0.2) is 0 Å². The molecule has 12 nitrogen and oxygen atoms in total. The summed E-state index contributed by atoms with van der Waals surface area (Å²) in [5.74, 6) is -1.09. The number of nitrogens with zero attached hydrogens (tertiary/aromatic N) is 1. The number of anilines is 1. The molecule has 2 aromatic rings. The molecule has 0 aliphatic carbocycles. The number of aryl methyl sites for hydroxylation is 1. The predicted octanol–water partition coefficient (Wildman–Crippen LogP) is 1.43. The second-order valence-electron chi connectivity index (χ2n) is 9.88. The van der Waals surface area contributed by atoms with Gasteiger partial charge in [-0.05, 0) is 60.7 Å². The Labute approximate surface area is 244 Å². The number of ether oxygens (including phenoxy) is 3. The number of benzene rings is 2. The van der Waals surface area contributed by atoms with Crippen molar-refractivity contribution in [2.45, 2.75) is 38.3 Å². The van der Waals surface area contributed by atoms with Crippen molar-refractivity contribution >= 4 is 35.7 Å². The maximum atomic E-state index is 12.9. The second-order valence-corrected chi connectivity index (χ2v) is 9.88. The van der Waals surface area contributed by atoms with Crippen LogP contribution in [0.2, 0.25) is 0 Å². The van der Waals surface area contributed by atoms with Gasteiger partial charge in [0.05, 0.1) is 33.0 Å². The van der Waals surface area contributed by atoms with Gasteiger partial charge in [-0.15, -0.1) is 0 Å². The quantitative estimate of drug-likeness (QED) is 0.144. The van der Waals surface area contributed by atoms with Crippen LogP contribution in [0.25, 0.3) is 0 Å². The lowest BCUT2D eigenvalue weighted by Crippen LogP contribution is -2.52. The molecular weight excluding hydrogens is 544 g/mol. The topological polar surface area (TPSA) is 152 Å². The van der Waals surface area contributed by atoms with Crippen LogP contribution in [0.1, 0.15) is 51.1 Å². The molecule has 12 heteroatoms. The molecule has 224 valence electrons. The van der Waals surface area contributed by atoms with Crippen LogP contribution in [-0.2, 0) is 41.6 Å². The minimum atomic E-state index is -0.618. The third kappa shape index (κ3) is 8.44. The monoisotopic (exact) mass is 580 g/mol. The minimum absolute atomic E-state index is 0.167. The molecule has 1 unspecified atom stereocenters. The first-order valence-corrected chi connectivity index (χ1v) is 14.0. The maximum Gasteiger partial charge on any atom is 0.255 e. The Morgan fingerprint density at radius 2 is 1.67 bits per heavy atom. The van der Waals surface area contributed by atoms with E-state index in [1.165, 1.54) is 0 Å². The summed E-state index contributed by atoms with van der Waals surface area (Å²) in [5, 5.41) is 7.61. The first-order valence-electron chi connectivity index (χ1n) is 14.0. The maximum absolute atomic E-state index is 12.9. The summed E-state index contributed by atoms with van der Waals surface area (Å²) in [6.07, 6.45) is 2.68. The number of piperidine rings is 1. The van der Waals surface area contributed by atoms with Crippen LogP contribution in [-0.4, -0.2) is 87.2 Å². The Morgan fingerprint density at radius 3 is 2.38 bits per heavy atom. The molecule has 4 rings (SSSR count). The summed E-state index contributed by atoms with van der Waals surface area (Å²) in [6.45, 7) is 3.34. The Balaban J connectivity index is 1.02. The molecule has 1 saturated heterocycles. The van der Waals surface area contributed by atoms with E-state index in [9.17, 15) is 24.0 Å². The van der Waals surface area contributed by atoms with Crippen molar-refractivity contribution in [2.75, 3.05) is 51.5 Å². The van der Waals surface area contributed by atoms with Gasteiger partial charge in [0.2, 0.25) is 18.2 Å². The summed E-state index contributed by atoms with van der Waals surface area (Å²) in [5.41, 5.74) is 3.74. The lowest BCUT2D eigenvalue weighted by Gasteiger charge is -2.29. The minimum Gasteiger partial charge on any atom is -0.379 e. The van der Waals surface area contributed by atoms with Crippen LogP contribution in [0.15, 0.2) is 42.5 Å². The third-order valence-electron chi connectivity index (χ3n) is 7.06. The molecule has 2 aromatic carbocycles. The van der Waals surface area contributed by atoms with Gasteiger partial charge in [0.25, 0.3) is 11.8 Å². The number of nitrogens with one attached hydrogen (secondary N) is 3. The Kier molecular flexibility index (Phi) is 11.6. The smallest absolute Gasteiger partial charge is 0.255 e. The van der Waals surface area contributed by atoms with Crippen molar-refractivity contribution in [3.05, 3.63) is 64.7 Å². The predicted molar refractivity (Wildman–Crippen MR) is 152 cm³/mol. The summed E-state index contributed by atoms with van der Waals surface area (Å²) in [6, 6.07) is 11.6. The van der Waals surface area contributed by atoms with Crippen molar-refractivity contribution < 1.29 is 38.2 Å². The fourth-order valence-electron chi connectivity index (χ4n) is 4.92. The number of amides is 5. The molecule has 2 aliphatic rings. The Bertz CT molecular complexity index is 1270. The summed E-state index contributed by atoms with van der Waals surface area (Å²) < 4.78 is 16.7. The van der Waals surface area contributed by atoms with E-state index in [1.807, 2.05) is 12.1 Å². The van der Waals surface area contributed by atoms with E-state index in [1.54, 1.807) is 35.2 Å². The van der Waals surface area contributed by atoms with Gasteiger partial charge in [0.15, 0.2) is 0 Å². The van der Waals surface area contributed by atoms with Gasteiger partial charge in [-0.2, -0.15) is 0 Å². The summed E-state index contributed by atoms with van der Waals surface area (Å²) >= 11 is 0. The zero-order valence-corrected chi connectivity index (χ0v) is 23.4. The molecule has 1 fully saturated rings. The number of fused-ring (bicyclic) bond motifs is 1. The highest BCUT2D eigenvalue weighted by molar-refractivity contribution is 6.05. The SMILES string of the molecule is O=CNc1ccc(C(=O)NCCOCCOCCOCCCc2cccc3c2CN(C2CCC(=O)NC2=O)C3=O)cc1. The molecule has 3 N–H and O–H groups in total. The van der Waals surface area contributed by atoms with Crippen LogP contribution < -0.4 is 16.0 Å². The van der Waals surface area contributed by atoms with E-state index >= 15 is 0 Å². The van der Waals surface area contributed by atoms with Gasteiger partial charge in [0.1, 0.15) is 6.04 Å². The molecule has 0 radical (unpaired) electrons. The van der Waals surface area contributed by atoms with Gasteiger partial charge in [-0.3, -0.25) is 29.3 Å². The average molecular weight is 581 g/mol. The zero-order chi connectivity index (χ0) is 29.7. The first kappa shape index (κ1) is 30.8. The van der Waals surface area contributed by atoms with Gasteiger partial charge in [0, 0.05) is 42.9 Å². The molecular formula is C30H36N4O8. The second kappa shape index (κ2) is 15.8. The van der Waals surface area contributed by atoms with Crippen LogP contribution >= 0.6 is 0 Å². The zero-order valence-electron chi connectivity index (χ0n) is 23.4. The van der Waals surface area contributed by atoms with Crippen molar-refractivity contribution in [3.8, 4) is 0 Å². The number of carbonyl (C=O) groups is 5. The lowest BCUT2D eigenvalue weighted by molar-refractivity contribution is -0.136. The number of imide groups is 1. The van der Waals surface area contributed by atoms with E-state index in [2.05, 4.69) is 16.0 Å². The number of hydrogen-bond acceptors (Lipinski definition) is 8. The van der Waals surface area contributed by atoms with Gasteiger partial charge >= 0.3 is 0 Å². The third-order valence-corrected chi connectivity index (χ3v) is 7.06. The number of carbonyl (C=O) groups excluding carboxylic acids is 5. The van der Waals surface area contributed by atoms with Crippen molar-refractivity contribution in [2.24, 2.45) is 0 Å². The lowest BCUT2D eigenvalue weighted by atomic mass is 10.00. The van der Waals surface area contributed by atoms with Gasteiger partial charge < -0.3 is 29.7 Å². The molecule has 2 aliphatic heterocycles. The van der Waals surface area contributed by atoms with E-state index in [-0.39, 0.29) is 24.1 Å². The molecule has 0 aromatic heterocycles. The van der Waals surface area contributed by atoms with Crippen LogP contribution in [0.4, 0.5) is 5.69 Å². The fourth-order valence-corrected chi connectivity index (χ4v) is 4.92. The average Bonchev–Trinajstić information content (AvgIpc) is 3.32. The van der Waals surface area contributed by atoms with Crippen molar-refractivity contribution in [1.82, 2.24) is 15.5 Å². The number of rotatable bonds is 17. The standard InChI is InChI=1S/C30H36N4O8/c35-20-32-23-8-6-22(7-9-23)28(37)31-12-14-41-16-18-42-17-15-40-13-2-4-21-3-1-5-24-25(21)19-34(30(24)39)26-10-11-27(36)33-29(26)38/h1,3,5-9,20,26H,2,4,10-19H2,(H,31,37)(H,32,35)(H,33,36,38). The molecule has 0 spiro atoms. The molecule has 0 saturated carbocycles. The largest absolute Gasteiger partial charge is 0.379 e. The molecule has 42 heavy (non-hydrogen) atoms. The number of hydrogen-bond donors (Lipinski definition) is 3. The van der Waals surface area contributed by atoms with Crippen molar-refractivity contribution in [3.63, 3.8) is 0 Å². The Morgan fingerprint density at radius 1 is 0.952 bits per heavy atom. The fraction of sp³-hybridized carbons (Fsp3) is 0.433. The van der Waals surface area contributed by atoms with Crippen LogP contribution in [0.5, 0.6) is 0 Å².